The Morgan fingerprint density at radius 1 is 1.13 bits per heavy atom. The van der Waals surface area contributed by atoms with Crippen molar-refractivity contribution in [3.8, 4) is 0 Å². The number of aryl methyl sites for hydroxylation is 1. The zero-order chi connectivity index (χ0) is 21.8. The van der Waals surface area contributed by atoms with Crippen LogP contribution in [0.3, 0.4) is 0 Å². The summed E-state index contributed by atoms with van der Waals surface area (Å²) in [5.74, 6) is -0.389. The van der Waals surface area contributed by atoms with Crippen molar-refractivity contribution in [1.82, 2.24) is 14.5 Å². The molecule has 2 heterocycles. The van der Waals surface area contributed by atoms with Crippen LogP contribution >= 0.6 is 11.3 Å². The molecule has 31 heavy (non-hydrogen) atoms. The van der Waals surface area contributed by atoms with Crippen molar-refractivity contribution < 1.29 is 13.2 Å². The van der Waals surface area contributed by atoms with E-state index in [1.54, 1.807) is 28.6 Å². The molecule has 1 N–H and O–H groups in total. The first-order valence-electron chi connectivity index (χ1n) is 10.3. The SMILES string of the molecule is CCc1ccccc1S(=O)(=O)N1CCC[C@H](c2nnc(C(=O)Nc3ccccc3)s2)C1. The standard InChI is InChI=1S/C22H24N4O3S2/c1-2-16-9-6-7-13-19(16)31(28,29)26-14-8-10-17(15-26)21-24-25-22(30-21)20(27)23-18-11-4-3-5-12-18/h3-7,9,11-13,17H,2,8,10,14-15H2,1H3,(H,23,27)/t17-/m0/s1. The van der Waals surface area contributed by atoms with E-state index >= 15 is 0 Å². The Morgan fingerprint density at radius 2 is 1.87 bits per heavy atom. The molecule has 1 fully saturated rings. The molecular formula is C22H24N4O3S2. The van der Waals surface area contributed by atoms with Crippen LogP contribution in [0.1, 0.15) is 46.1 Å². The molecule has 7 nitrogen and oxygen atoms in total. The van der Waals surface area contributed by atoms with Gasteiger partial charge in [-0.1, -0.05) is 54.7 Å². The number of carbonyl (C=O) groups is 1. The highest BCUT2D eigenvalue weighted by Crippen LogP contribution is 2.32. The number of nitrogens with zero attached hydrogens (tertiary/aromatic N) is 3. The molecular weight excluding hydrogens is 432 g/mol. The zero-order valence-corrected chi connectivity index (χ0v) is 18.8. The molecule has 3 aromatic rings. The normalized spacial score (nSPS) is 17.4. The van der Waals surface area contributed by atoms with Gasteiger partial charge < -0.3 is 5.32 Å². The first-order chi connectivity index (χ1) is 15.0. The molecule has 0 bridgehead atoms. The van der Waals surface area contributed by atoms with Crippen molar-refractivity contribution in [3.63, 3.8) is 0 Å². The number of sulfonamides is 1. The summed E-state index contributed by atoms with van der Waals surface area (Å²) in [5, 5.41) is 12.0. The fourth-order valence-electron chi connectivity index (χ4n) is 3.75. The number of piperidine rings is 1. The topological polar surface area (TPSA) is 92.3 Å². The van der Waals surface area contributed by atoms with Crippen LogP contribution in [-0.2, 0) is 16.4 Å². The third-order valence-electron chi connectivity index (χ3n) is 5.37. The minimum atomic E-state index is -3.59. The molecule has 2 aromatic carbocycles. The molecule has 0 aliphatic carbocycles. The Hall–Kier alpha value is -2.62. The summed E-state index contributed by atoms with van der Waals surface area (Å²) in [5.41, 5.74) is 1.51. The second-order valence-electron chi connectivity index (χ2n) is 7.43. The van der Waals surface area contributed by atoms with Gasteiger partial charge in [0, 0.05) is 24.7 Å². The lowest BCUT2D eigenvalue weighted by molar-refractivity contribution is 0.102. The predicted molar refractivity (Wildman–Crippen MR) is 121 cm³/mol. The summed E-state index contributed by atoms with van der Waals surface area (Å²) in [7, 11) is -3.59. The van der Waals surface area contributed by atoms with E-state index in [1.165, 1.54) is 11.3 Å². The van der Waals surface area contributed by atoms with Gasteiger partial charge in [-0.25, -0.2) is 8.42 Å². The maximum Gasteiger partial charge on any atom is 0.286 e. The Balaban J connectivity index is 1.50. The first kappa shape index (κ1) is 21.6. The molecule has 1 amide bonds. The Morgan fingerprint density at radius 3 is 2.65 bits per heavy atom. The molecule has 1 atom stereocenters. The van der Waals surface area contributed by atoms with Gasteiger partial charge in [0.05, 0.1) is 4.90 Å². The summed E-state index contributed by atoms with van der Waals surface area (Å²) in [6, 6.07) is 16.3. The highest BCUT2D eigenvalue weighted by atomic mass is 32.2. The van der Waals surface area contributed by atoms with Crippen LogP contribution in [0.4, 0.5) is 5.69 Å². The Kier molecular flexibility index (Phi) is 6.45. The van der Waals surface area contributed by atoms with Crippen molar-refractivity contribution in [1.29, 1.82) is 0 Å². The maximum absolute atomic E-state index is 13.3. The predicted octanol–water partition coefficient (Wildman–Crippen LogP) is 3.92. The molecule has 0 saturated carbocycles. The summed E-state index contributed by atoms with van der Waals surface area (Å²) >= 11 is 1.23. The number of para-hydroxylation sites is 1. The lowest BCUT2D eigenvalue weighted by atomic mass is 10.0. The Bertz CT molecular complexity index is 1160. The highest BCUT2D eigenvalue weighted by molar-refractivity contribution is 7.89. The fraction of sp³-hybridized carbons (Fsp3) is 0.318. The second kappa shape index (κ2) is 9.25. The van der Waals surface area contributed by atoms with E-state index in [0.717, 1.165) is 18.4 Å². The molecule has 1 aliphatic heterocycles. The van der Waals surface area contributed by atoms with Gasteiger partial charge >= 0.3 is 0 Å². The number of hydrogen-bond acceptors (Lipinski definition) is 6. The van der Waals surface area contributed by atoms with Crippen LogP contribution in [0.5, 0.6) is 0 Å². The fourth-order valence-corrected chi connectivity index (χ4v) is 6.43. The minimum Gasteiger partial charge on any atom is -0.320 e. The van der Waals surface area contributed by atoms with Crippen LogP contribution in [0, 0.1) is 0 Å². The molecule has 1 aromatic heterocycles. The summed E-state index contributed by atoms with van der Waals surface area (Å²) in [4.78, 5) is 12.9. The smallest absolute Gasteiger partial charge is 0.286 e. The van der Waals surface area contributed by atoms with Crippen LogP contribution in [0.25, 0.3) is 0 Å². The zero-order valence-electron chi connectivity index (χ0n) is 17.2. The number of aromatic nitrogens is 2. The quantitative estimate of drug-likeness (QED) is 0.607. The van der Waals surface area contributed by atoms with Crippen LogP contribution in [0.15, 0.2) is 59.5 Å². The molecule has 9 heteroatoms. The number of benzene rings is 2. The van der Waals surface area contributed by atoms with E-state index in [1.807, 2.05) is 37.3 Å². The van der Waals surface area contributed by atoms with Gasteiger partial charge in [-0.3, -0.25) is 4.79 Å². The molecule has 0 unspecified atom stereocenters. The van der Waals surface area contributed by atoms with Crippen molar-refractivity contribution >= 4 is 33.0 Å². The van der Waals surface area contributed by atoms with Crippen LogP contribution < -0.4 is 5.32 Å². The van der Waals surface area contributed by atoms with E-state index in [4.69, 9.17) is 0 Å². The van der Waals surface area contributed by atoms with Crippen LogP contribution in [0.2, 0.25) is 0 Å². The molecule has 1 saturated heterocycles. The molecule has 0 spiro atoms. The number of nitrogens with one attached hydrogen (secondary N) is 1. The lowest BCUT2D eigenvalue weighted by Crippen LogP contribution is -2.39. The van der Waals surface area contributed by atoms with E-state index in [-0.39, 0.29) is 16.8 Å². The number of anilines is 1. The molecule has 4 rings (SSSR count). The lowest BCUT2D eigenvalue weighted by Gasteiger charge is -2.31. The van der Waals surface area contributed by atoms with Crippen LogP contribution in [-0.4, -0.2) is 41.9 Å². The van der Waals surface area contributed by atoms with Crippen molar-refractivity contribution in [3.05, 3.63) is 70.2 Å². The second-order valence-corrected chi connectivity index (χ2v) is 10.3. The molecule has 1 aliphatic rings. The number of hydrogen-bond donors (Lipinski definition) is 1. The van der Waals surface area contributed by atoms with E-state index in [0.29, 0.717) is 35.1 Å². The molecule has 0 radical (unpaired) electrons. The summed E-state index contributed by atoms with van der Waals surface area (Å²) < 4.78 is 28.1. The van der Waals surface area contributed by atoms with Crippen molar-refractivity contribution in [2.75, 3.05) is 18.4 Å². The van der Waals surface area contributed by atoms with Gasteiger partial charge in [0.1, 0.15) is 5.01 Å². The van der Waals surface area contributed by atoms with Crippen molar-refractivity contribution in [2.24, 2.45) is 0 Å². The van der Waals surface area contributed by atoms with Gasteiger partial charge in [-0.2, -0.15) is 4.31 Å². The van der Waals surface area contributed by atoms with E-state index < -0.39 is 10.0 Å². The average Bonchev–Trinajstić information content (AvgIpc) is 3.30. The highest BCUT2D eigenvalue weighted by Gasteiger charge is 2.33. The van der Waals surface area contributed by atoms with Gasteiger partial charge in [0.25, 0.3) is 5.91 Å². The van der Waals surface area contributed by atoms with Gasteiger partial charge in [-0.05, 0) is 43.0 Å². The van der Waals surface area contributed by atoms with Gasteiger partial charge in [-0.15, -0.1) is 10.2 Å². The number of rotatable bonds is 6. The number of amides is 1. The maximum atomic E-state index is 13.3. The number of carbonyl (C=O) groups excluding carboxylic acids is 1. The summed E-state index contributed by atoms with van der Waals surface area (Å²) in [6.45, 7) is 2.78. The van der Waals surface area contributed by atoms with E-state index in [2.05, 4.69) is 15.5 Å². The van der Waals surface area contributed by atoms with Crippen molar-refractivity contribution in [2.45, 2.75) is 37.0 Å². The minimum absolute atomic E-state index is 0.0758. The van der Waals surface area contributed by atoms with Gasteiger partial charge in [0.2, 0.25) is 15.0 Å². The van der Waals surface area contributed by atoms with E-state index in [9.17, 15) is 13.2 Å². The third kappa shape index (κ3) is 4.68. The molecule has 162 valence electrons. The first-order valence-corrected chi connectivity index (χ1v) is 12.5. The monoisotopic (exact) mass is 456 g/mol. The largest absolute Gasteiger partial charge is 0.320 e. The summed E-state index contributed by atoms with van der Waals surface area (Å²) in [6.07, 6.45) is 2.21. The third-order valence-corrected chi connectivity index (χ3v) is 8.42. The van der Waals surface area contributed by atoms with Gasteiger partial charge in [0.15, 0.2) is 0 Å². The Labute approximate surface area is 186 Å². The average molecular weight is 457 g/mol.